The number of thioether (sulfide) groups is 1. The van der Waals surface area contributed by atoms with Crippen molar-refractivity contribution in [1.82, 2.24) is 5.32 Å². The van der Waals surface area contributed by atoms with E-state index in [0.717, 1.165) is 12.6 Å². The van der Waals surface area contributed by atoms with Gasteiger partial charge in [0.05, 0.1) is 0 Å². The highest BCUT2D eigenvalue weighted by atomic mass is 32.2. The second kappa shape index (κ2) is 11.4. The maximum absolute atomic E-state index is 3.53. The third-order valence-electron chi connectivity index (χ3n) is 2.53. The highest BCUT2D eigenvalue weighted by Gasteiger charge is 2.02. The van der Waals surface area contributed by atoms with Gasteiger partial charge in [-0.1, -0.05) is 33.6 Å². The molecule has 0 amide bonds. The fraction of sp³-hybridized carbons (Fsp3) is 1.00. The Hall–Kier alpha value is 0.310. The molecule has 2 heteroatoms. The summed E-state index contributed by atoms with van der Waals surface area (Å²) >= 11 is 2.07. The van der Waals surface area contributed by atoms with E-state index >= 15 is 0 Å². The topological polar surface area (TPSA) is 12.0 Å². The van der Waals surface area contributed by atoms with Gasteiger partial charge in [0.25, 0.3) is 0 Å². The van der Waals surface area contributed by atoms with Gasteiger partial charge in [-0.15, -0.1) is 0 Å². The van der Waals surface area contributed by atoms with Crippen LogP contribution in [-0.2, 0) is 0 Å². The van der Waals surface area contributed by atoms with Crippen molar-refractivity contribution in [3.8, 4) is 0 Å². The van der Waals surface area contributed by atoms with E-state index < -0.39 is 0 Å². The molecular weight excluding hydrogens is 190 g/mol. The average molecular weight is 217 g/mol. The van der Waals surface area contributed by atoms with E-state index in [4.69, 9.17) is 0 Å². The zero-order chi connectivity index (χ0) is 10.6. The van der Waals surface area contributed by atoms with Gasteiger partial charge in [0.2, 0.25) is 0 Å². The minimum absolute atomic E-state index is 0.763. The number of unbranched alkanes of at least 4 members (excludes halogenated alkanes) is 2. The maximum Gasteiger partial charge on any atom is 0.00643 e. The summed E-state index contributed by atoms with van der Waals surface area (Å²) < 4.78 is 0. The summed E-state index contributed by atoms with van der Waals surface area (Å²) in [6.45, 7) is 7.83. The standard InChI is InChI=1S/C12H27NS/c1-4-12(13-5-2)10-8-7-9-11-14-6-3/h12-13H,4-11H2,1-3H3. The van der Waals surface area contributed by atoms with Crippen molar-refractivity contribution >= 4 is 11.8 Å². The van der Waals surface area contributed by atoms with E-state index in [1.54, 1.807) is 0 Å². The highest BCUT2D eigenvalue weighted by molar-refractivity contribution is 7.99. The molecule has 0 radical (unpaired) electrons. The van der Waals surface area contributed by atoms with Crippen LogP contribution in [0.2, 0.25) is 0 Å². The summed E-state index contributed by atoms with van der Waals surface area (Å²) in [6, 6.07) is 0.763. The van der Waals surface area contributed by atoms with E-state index in [-0.39, 0.29) is 0 Å². The molecule has 0 aliphatic rings. The molecule has 1 nitrogen and oxygen atoms in total. The SMILES string of the molecule is CCNC(CC)CCCCCSCC. The molecule has 0 aromatic carbocycles. The van der Waals surface area contributed by atoms with E-state index in [1.165, 1.54) is 43.6 Å². The van der Waals surface area contributed by atoms with Gasteiger partial charge < -0.3 is 5.32 Å². The minimum atomic E-state index is 0.763. The van der Waals surface area contributed by atoms with Gasteiger partial charge in [0, 0.05) is 6.04 Å². The van der Waals surface area contributed by atoms with Gasteiger partial charge in [-0.25, -0.2) is 0 Å². The Kier molecular flexibility index (Phi) is 11.6. The summed E-state index contributed by atoms with van der Waals surface area (Å²) in [6.07, 6.45) is 6.85. The lowest BCUT2D eigenvalue weighted by Crippen LogP contribution is -2.27. The Labute approximate surface area is 94.4 Å². The van der Waals surface area contributed by atoms with Crippen LogP contribution in [0.4, 0.5) is 0 Å². The second-order valence-corrected chi connectivity index (χ2v) is 5.10. The largest absolute Gasteiger partial charge is 0.314 e. The van der Waals surface area contributed by atoms with Crippen LogP contribution in [0.1, 0.15) is 52.9 Å². The lowest BCUT2D eigenvalue weighted by Gasteiger charge is -2.15. The number of hydrogen-bond acceptors (Lipinski definition) is 2. The molecule has 1 unspecified atom stereocenters. The van der Waals surface area contributed by atoms with Crippen molar-refractivity contribution in [2.24, 2.45) is 0 Å². The van der Waals surface area contributed by atoms with Crippen molar-refractivity contribution in [3.63, 3.8) is 0 Å². The molecule has 1 atom stereocenters. The predicted octanol–water partition coefficient (Wildman–Crippen LogP) is 3.69. The Morgan fingerprint density at radius 3 is 2.43 bits per heavy atom. The van der Waals surface area contributed by atoms with Crippen LogP contribution in [0, 0.1) is 0 Å². The molecule has 0 fully saturated rings. The molecule has 0 saturated carbocycles. The highest BCUT2D eigenvalue weighted by Crippen LogP contribution is 2.09. The summed E-state index contributed by atoms with van der Waals surface area (Å²) in [5.41, 5.74) is 0. The van der Waals surface area contributed by atoms with E-state index in [9.17, 15) is 0 Å². The molecule has 0 aromatic rings. The number of nitrogens with one attached hydrogen (secondary N) is 1. The molecule has 0 spiro atoms. The molecule has 0 saturated heterocycles. The van der Waals surface area contributed by atoms with Crippen molar-refractivity contribution in [2.45, 2.75) is 58.9 Å². The molecule has 0 aliphatic carbocycles. The average Bonchev–Trinajstić information content (AvgIpc) is 2.21. The van der Waals surface area contributed by atoms with E-state index in [1.807, 2.05) is 0 Å². The second-order valence-electron chi connectivity index (χ2n) is 3.71. The summed E-state index contributed by atoms with van der Waals surface area (Å²) in [5, 5.41) is 3.53. The summed E-state index contributed by atoms with van der Waals surface area (Å²) in [4.78, 5) is 0. The monoisotopic (exact) mass is 217 g/mol. The van der Waals surface area contributed by atoms with E-state index in [0.29, 0.717) is 0 Å². The van der Waals surface area contributed by atoms with Crippen LogP contribution >= 0.6 is 11.8 Å². The molecule has 1 N–H and O–H groups in total. The van der Waals surface area contributed by atoms with Crippen LogP contribution in [-0.4, -0.2) is 24.1 Å². The first-order chi connectivity index (χ1) is 6.85. The van der Waals surface area contributed by atoms with Gasteiger partial charge in [-0.05, 0) is 37.3 Å². The lowest BCUT2D eigenvalue weighted by molar-refractivity contribution is 0.459. The quantitative estimate of drug-likeness (QED) is 0.560. The van der Waals surface area contributed by atoms with Crippen LogP contribution in [0.25, 0.3) is 0 Å². The van der Waals surface area contributed by atoms with Gasteiger partial charge in [0.15, 0.2) is 0 Å². The summed E-state index contributed by atoms with van der Waals surface area (Å²) in [5.74, 6) is 2.63. The Balaban J connectivity index is 3.15. The third-order valence-corrected chi connectivity index (χ3v) is 3.52. The first-order valence-electron chi connectivity index (χ1n) is 6.16. The Morgan fingerprint density at radius 1 is 1.07 bits per heavy atom. The van der Waals surface area contributed by atoms with Crippen molar-refractivity contribution in [1.29, 1.82) is 0 Å². The van der Waals surface area contributed by atoms with Crippen LogP contribution in [0.15, 0.2) is 0 Å². The molecule has 14 heavy (non-hydrogen) atoms. The molecule has 0 heterocycles. The zero-order valence-electron chi connectivity index (χ0n) is 10.1. The Morgan fingerprint density at radius 2 is 1.86 bits per heavy atom. The molecular formula is C12H27NS. The van der Waals surface area contributed by atoms with Crippen LogP contribution in [0.5, 0.6) is 0 Å². The van der Waals surface area contributed by atoms with Gasteiger partial charge in [-0.2, -0.15) is 11.8 Å². The predicted molar refractivity (Wildman–Crippen MR) is 69.2 cm³/mol. The smallest absolute Gasteiger partial charge is 0.00643 e. The third kappa shape index (κ3) is 8.89. The fourth-order valence-electron chi connectivity index (χ4n) is 1.66. The van der Waals surface area contributed by atoms with Crippen molar-refractivity contribution < 1.29 is 0 Å². The van der Waals surface area contributed by atoms with Crippen molar-refractivity contribution in [3.05, 3.63) is 0 Å². The van der Waals surface area contributed by atoms with Crippen LogP contribution < -0.4 is 5.32 Å². The lowest BCUT2D eigenvalue weighted by atomic mass is 10.1. The van der Waals surface area contributed by atoms with Gasteiger partial charge in [-0.3, -0.25) is 0 Å². The molecule has 0 rings (SSSR count). The zero-order valence-corrected chi connectivity index (χ0v) is 11.0. The number of hydrogen-bond donors (Lipinski definition) is 1. The van der Waals surface area contributed by atoms with Crippen LogP contribution in [0.3, 0.4) is 0 Å². The molecule has 0 bridgehead atoms. The first kappa shape index (κ1) is 14.3. The summed E-state index contributed by atoms with van der Waals surface area (Å²) in [7, 11) is 0. The molecule has 0 aromatic heterocycles. The van der Waals surface area contributed by atoms with E-state index in [2.05, 4.69) is 37.8 Å². The molecule has 86 valence electrons. The molecule has 0 aliphatic heterocycles. The normalized spacial score (nSPS) is 13.1. The minimum Gasteiger partial charge on any atom is -0.314 e. The first-order valence-corrected chi connectivity index (χ1v) is 7.31. The Bertz CT molecular complexity index is 106. The fourth-order valence-corrected chi connectivity index (χ4v) is 2.35. The van der Waals surface area contributed by atoms with Gasteiger partial charge in [0.1, 0.15) is 0 Å². The maximum atomic E-state index is 3.53. The van der Waals surface area contributed by atoms with Gasteiger partial charge >= 0.3 is 0 Å². The number of rotatable bonds is 10. The van der Waals surface area contributed by atoms with Crippen molar-refractivity contribution in [2.75, 3.05) is 18.1 Å².